The second-order valence-electron chi connectivity index (χ2n) is 7.19. The van der Waals surface area contributed by atoms with Crippen molar-refractivity contribution in [1.29, 1.82) is 0 Å². The third kappa shape index (κ3) is 4.68. The number of aryl methyl sites for hydroxylation is 1. The second kappa shape index (κ2) is 8.46. The van der Waals surface area contributed by atoms with Gasteiger partial charge in [-0.2, -0.15) is 0 Å². The molecule has 0 radical (unpaired) electrons. The average Bonchev–Trinajstić information content (AvgIpc) is 2.67. The highest BCUT2D eigenvalue weighted by molar-refractivity contribution is 5.23. The Morgan fingerprint density at radius 3 is 2.08 bits per heavy atom. The van der Waals surface area contributed by atoms with Crippen LogP contribution in [0.1, 0.15) is 43.2 Å². The molecule has 0 spiro atoms. The van der Waals surface area contributed by atoms with Gasteiger partial charge in [0.2, 0.25) is 0 Å². The molecule has 0 aromatic heterocycles. The van der Waals surface area contributed by atoms with Crippen LogP contribution in [0.4, 0.5) is 0 Å². The lowest BCUT2D eigenvalue weighted by molar-refractivity contribution is -0.905. The first-order valence-corrected chi connectivity index (χ1v) is 9.42. The van der Waals surface area contributed by atoms with Crippen molar-refractivity contribution in [2.45, 2.75) is 44.1 Å². The lowest BCUT2D eigenvalue weighted by Crippen LogP contribution is -3.13. The largest absolute Gasteiger partial charge is 0.385 e. The molecule has 1 atom stereocenters. The molecule has 1 aliphatic rings. The van der Waals surface area contributed by atoms with Crippen molar-refractivity contribution >= 4 is 0 Å². The fraction of sp³-hybridized carbons (Fsp3) is 0.455. The zero-order chi connectivity index (χ0) is 16.7. The monoisotopic (exact) mass is 324 g/mol. The molecular formula is C22H30NO+. The molecule has 2 aromatic rings. The first-order chi connectivity index (χ1) is 11.8. The van der Waals surface area contributed by atoms with Crippen molar-refractivity contribution in [1.82, 2.24) is 0 Å². The van der Waals surface area contributed by atoms with Gasteiger partial charge in [-0.05, 0) is 43.2 Å². The predicted octanol–water partition coefficient (Wildman–Crippen LogP) is 2.97. The van der Waals surface area contributed by atoms with E-state index >= 15 is 0 Å². The number of likely N-dealkylation sites (tertiary alicyclic amines) is 1. The van der Waals surface area contributed by atoms with Gasteiger partial charge in [0.25, 0.3) is 0 Å². The minimum absolute atomic E-state index is 0.721. The quantitative estimate of drug-likeness (QED) is 0.804. The molecule has 0 bridgehead atoms. The molecule has 0 saturated carbocycles. The van der Waals surface area contributed by atoms with Crippen LogP contribution in [0.25, 0.3) is 0 Å². The number of nitrogens with one attached hydrogen (secondary N) is 1. The zero-order valence-corrected chi connectivity index (χ0v) is 14.6. The first-order valence-electron chi connectivity index (χ1n) is 9.42. The second-order valence-corrected chi connectivity index (χ2v) is 7.19. The van der Waals surface area contributed by atoms with E-state index in [1.54, 1.807) is 4.90 Å². The maximum absolute atomic E-state index is 11.5. The molecule has 0 aliphatic carbocycles. The van der Waals surface area contributed by atoms with Gasteiger partial charge in [0.05, 0.1) is 25.2 Å². The number of benzene rings is 2. The molecule has 1 fully saturated rings. The maximum Gasteiger partial charge on any atom is 0.0953 e. The van der Waals surface area contributed by atoms with Gasteiger partial charge in [0, 0.05) is 6.42 Å². The standard InChI is InChI=1S/C22H29NO/c24-22(21-12-6-2-7-13-21,15-14-20-10-4-1-5-11-20)16-19-23-17-8-3-9-18-23/h1-2,4-7,10-13,24H,3,8-9,14-19H2/p+1/t22-/m0/s1. The van der Waals surface area contributed by atoms with Crippen LogP contribution in [0.15, 0.2) is 60.7 Å². The minimum Gasteiger partial charge on any atom is -0.385 e. The number of aliphatic hydroxyl groups is 1. The molecule has 1 aliphatic heterocycles. The highest BCUT2D eigenvalue weighted by Crippen LogP contribution is 2.29. The van der Waals surface area contributed by atoms with Gasteiger partial charge >= 0.3 is 0 Å². The molecule has 3 rings (SSSR count). The van der Waals surface area contributed by atoms with Crippen LogP contribution in [0.2, 0.25) is 0 Å². The SMILES string of the molecule is O[C@@](CCc1ccccc1)(CC[NH+]1CCCCC1)c1ccccc1. The smallest absolute Gasteiger partial charge is 0.0953 e. The molecule has 2 nitrogen and oxygen atoms in total. The van der Waals surface area contributed by atoms with Crippen LogP contribution in [0, 0.1) is 0 Å². The number of hydrogen-bond donors (Lipinski definition) is 2. The van der Waals surface area contributed by atoms with Gasteiger partial charge < -0.3 is 10.0 Å². The van der Waals surface area contributed by atoms with Crippen molar-refractivity contribution in [3.63, 3.8) is 0 Å². The number of piperidine rings is 1. The van der Waals surface area contributed by atoms with Crippen LogP contribution >= 0.6 is 0 Å². The van der Waals surface area contributed by atoms with E-state index in [0.717, 1.165) is 31.4 Å². The Hall–Kier alpha value is -1.64. The van der Waals surface area contributed by atoms with Gasteiger partial charge in [0.15, 0.2) is 0 Å². The fourth-order valence-electron chi connectivity index (χ4n) is 3.84. The van der Waals surface area contributed by atoms with Gasteiger partial charge in [-0.15, -0.1) is 0 Å². The van der Waals surface area contributed by atoms with E-state index in [2.05, 4.69) is 36.4 Å². The Morgan fingerprint density at radius 2 is 1.42 bits per heavy atom. The minimum atomic E-state index is -0.721. The highest BCUT2D eigenvalue weighted by Gasteiger charge is 2.30. The van der Waals surface area contributed by atoms with Crippen LogP contribution in [-0.4, -0.2) is 24.7 Å². The Bertz CT molecular complexity index is 592. The molecule has 24 heavy (non-hydrogen) atoms. The molecule has 2 aromatic carbocycles. The molecular weight excluding hydrogens is 294 g/mol. The van der Waals surface area contributed by atoms with Gasteiger partial charge in [0.1, 0.15) is 0 Å². The first kappa shape index (κ1) is 17.2. The van der Waals surface area contributed by atoms with Crippen LogP contribution in [0.5, 0.6) is 0 Å². The van der Waals surface area contributed by atoms with E-state index in [4.69, 9.17) is 0 Å². The normalized spacial score (nSPS) is 18.2. The third-order valence-corrected chi connectivity index (χ3v) is 5.43. The Kier molecular flexibility index (Phi) is 6.06. The fourth-order valence-corrected chi connectivity index (χ4v) is 3.84. The number of hydrogen-bond acceptors (Lipinski definition) is 1. The summed E-state index contributed by atoms with van der Waals surface area (Å²) < 4.78 is 0. The Labute approximate surface area is 146 Å². The Balaban J connectivity index is 1.68. The highest BCUT2D eigenvalue weighted by atomic mass is 16.3. The summed E-state index contributed by atoms with van der Waals surface area (Å²) in [7, 11) is 0. The van der Waals surface area contributed by atoms with E-state index in [-0.39, 0.29) is 0 Å². The summed E-state index contributed by atoms with van der Waals surface area (Å²) in [5, 5.41) is 11.5. The van der Waals surface area contributed by atoms with Gasteiger partial charge in [-0.1, -0.05) is 60.7 Å². The summed E-state index contributed by atoms with van der Waals surface area (Å²) in [6.07, 6.45) is 6.60. The summed E-state index contributed by atoms with van der Waals surface area (Å²) in [6, 6.07) is 20.8. The summed E-state index contributed by atoms with van der Waals surface area (Å²) in [5.74, 6) is 0. The predicted molar refractivity (Wildman–Crippen MR) is 99.1 cm³/mol. The van der Waals surface area contributed by atoms with E-state index in [1.807, 2.05) is 24.3 Å². The van der Waals surface area contributed by atoms with Gasteiger partial charge in [-0.25, -0.2) is 0 Å². The third-order valence-electron chi connectivity index (χ3n) is 5.43. The van der Waals surface area contributed by atoms with Crippen molar-refractivity contribution in [2.24, 2.45) is 0 Å². The molecule has 2 N–H and O–H groups in total. The summed E-state index contributed by atoms with van der Waals surface area (Å²) >= 11 is 0. The van der Waals surface area contributed by atoms with Crippen LogP contribution in [0.3, 0.4) is 0 Å². The summed E-state index contributed by atoms with van der Waals surface area (Å²) in [5.41, 5.74) is 1.65. The van der Waals surface area contributed by atoms with Crippen molar-refractivity contribution < 1.29 is 10.0 Å². The molecule has 0 amide bonds. The van der Waals surface area contributed by atoms with E-state index in [1.165, 1.54) is 37.9 Å². The van der Waals surface area contributed by atoms with Gasteiger partial charge in [-0.3, -0.25) is 0 Å². The van der Waals surface area contributed by atoms with Crippen molar-refractivity contribution in [2.75, 3.05) is 19.6 Å². The van der Waals surface area contributed by atoms with Crippen molar-refractivity contribution in [3.05, 3.63) is 71.8 Å². The van der Waals surface area contributed by atoms with Crippen LogP contribution < -0.4 is 4.90 Å². The lowest BCUT2D eigenvalue weighted by atomic mass is 9.84. The molecule has 128 valence electrons. The molecule has 2 heteroatoms. The average molecular weight is 324 g/mol. The molecule has 0 unspecified atom stereocenters. The molecule has 1 saturated heterocycles. The Morgan fingerprint density at radius 1 is 0.792 bits per heavy atom. The molecule has 1 heterocycles. The lowest BCUT2D eigenvalue weighted by Gasteiger charge is -2.32. The van der Waals surface area contributed by atoms with E-state index in [9.17, 15) is 5.11 Å². The number of quaternary nitrogens is 1. The number of rotatable bonds is 7. The van der Waals surface area contributed by atoms with Crippen LogP contribution in [-0.2, 0) is 12.0 Å². The summed E-state index contributed by atoms with van der Waals surface area (Å²) in [6.45, 7) is 3.60. The zero-order valence-electron chi connectivity index (χ0n) is 14.6. The summed E-state index contributed by atoms with van der Waals surface area (Å²) in [4.78, 5) is 1.66. The maximum atomic E-state index is 11.5. The van der Waals surface area contributed by atoms with Crippen molar-refractivity contribution in [3.8, 4) is 0 Å². The van der Waals surface area contributed by atoms with E-state index < -0.39 is 5.60 Å². The topological polar surface area (TPSA) is 24.7 Å². The van der Waals surface area contributed by atoms with E-state index in [0.29, 0.717) is 0 Å².